The van der Waals surface area contributed by atoms with E-state index >= 15 is 0 Å². The number of nitrogens with zero attached hydrogens (tertiary/aromatic N) is 1. The van der Waals surface area contributed by atoms with Crippen molar-refractivity contribution >= 4 is 34.5 Å². The number of halogens is 1. The van der Waals surface area contributed by atoms with Crippen LogP contribution in [0.15, 0.2) is 29.8 Å². The largest absolute Gasteiger partial charge is 0.397 e. The summed E-state index contributed by atoms with van der Waals surface area (Å²) in [4.78, 5) is 17.2. The van der Waals surface area contributed by atoms with Gasteiger partial charge >= 0.3 is 0 Å². The van der Waals surface area contributed by atoms with E-state index in [0.29, 0.717) is 17.8 Å². The third-order valence-corrected chi connectivity index (χ3v) is 4.52. The number of amides is 1. The molecule has 2 rings (SSSR count). The third-order valence-electron chi connectivity index (χ3n) is 2.98. The van der Waals surface area contributed by atoms with Crippen LogP contribution in [0.2, 0.25) is 5.15 Å². The lowest BCUT2D eigenvalue weighted by Gasteiger charge is -2.23. The summed E-state index contributed by atoms with van der Waals surface area (Å²) >= 11 is 7.59. The first-order valence-electron chi connectivity index (χ1n) is 6.13. The van der Waals surface area contributed by atoms with Gasteiger partial charge in [-0.15, -0.1) is 11.3 Å². The Bertz CT molecular complexity index is 611. The molecular formula is C14H16ClN3OS. The minimum atomic E-state index is -0.264. The molecule has 2 aromatic rings. The van der Waals surface area contributed by atoms with E-state index in [4.69, 9.17) is 17.3 Å². The maximum Gasteiger partial charge on any atom is 0.254 e. The molecule has 0 saturated carbocycles. The van der Waals surface area contributed by atoms with Crippen LogP contribution in [0.5, 0.6) is 0 Å². The quantitative estimate of drug-likeness (QED) is 0.853. The number of nitrogens with two attached hydrogens (primary N) is 1. The van der Waals surface area contributed by atoms with Crippen LogP contribution in [0, 0.1) is 0 Å². The predicted molar refractivity (Wildman–Crippen MR) is 83.3 cm³/mol. The molecule has 20 heavy (non-hydrogen) atoms. The molecular weight excluding hydrogens is 294 g/mol. The minimum Gasteiger partial charge on any atom is -0.397 e. The molecule has 3 N–H and O–H groups in total. The normalized spacial score (nSPS) is 11.3. The Morgan fingerprint density at radius 1 is 1.55 bits per heavy atom. The van der Waals surface area contributed by atoms with Crippen molar-refractivity contribution in [3.63, 3.8) is 0 Å². The fraction of sp³-hybridized carbons (Fsp3) is 0.286. The van der Waals surface area contributed by atoms with Crippen LogP contribution in [0.1, 0.15) is 29.1 Å². The van der Waals surface area contributed by atoms with E-state index < -0.39 is 0 Å². The molecule has 0 atom stereocenters. The van der Waals surface area contributed by atoms with Crippen LogP contribution in [0.3, 0.4) is 0 Å². The zero-order valence-electron chi connectivity index (χ0n) is 11.3. The first-order valence-corrected chi connectivity index (χ1v) is 7.39. The monoisotopic (exact) mass is 309 g/mol. The summed E-state index contributed by atoms with van der Waals surface area (Å²) < 4.78 is 0. The smallest absolute Gasteiger partial charge is 0.254 e. The van der Waals surface area contributed by atoms with Crippen molar-refractivity contribution in [1.29, 1.82) is 0 Å². The summed E-state index contributed by atoms with van der Waals surface area (Å²) in [6.07, 6.45) is 1.43. The van der Waals surface area contributed by atoms with Crippen LogP contribution >= 0.6 is 22.9 Å². The van der Waals surface area contributed by atoms with E-state index in [1.54, 1.807) is 11.3 Å². The van der Waals surface area contributed by atoms with Crippen molar-refractivity contribution in [2.24, 2.45) is 0 Å². The highest BCUT2D eigenvalue weighted by Gasteiger charge is 2.23. The average Bonchev–Trinajstić information content (AvgIpc) is 2.93. The third kappa shape index (κ3) is 3.29. The fourth-order valence-corrected chi connectivity index (χ4v) is 2.81. The lowest BCUT2D eigenvalue weighted by molar-refractivity contribution is 0.0946. The molecule has 0 fully saturated rings. The van der Waals surface area contributed by atoms with Crippen LogP contribution in [0.4, 0.5) is 5.69 Å². The van der Waals surface area contributed by atoms with Crippen molar-refractivity contribution < 1.29 is 4.79 Å². The summed E-state index contributed by atoms with van der Waals surface area (Å²) in [7, 11) is 0. The van der Waals surface area contributed by atoms with Crippen LogP contribution < -0.4 is 11.1 Å². The van der Waals surface area contributed by atoms with Crippen molar-refractivity contribution in [3.8, 4) is 0 Å². The van der Waals surface area contributed by atoms with E-state index in [2.05, 4.69) is 30.2 Å². The highest BCUT2D eigenvalue weighted by atomic mass is 35.5. The maximum absolute atomic E-state index is 12.1. The van der Waals surface area contributed by atoms with Gasteiger partial charge in [-0.05, 0) is 17.5 Å². The molecule has 1 amide bonds. The molecule has 6 heteroatoms. The Labute approximate surface area is 127 Å². The molecule has 0 bridgehead atoms. The second-order valence-corrected chi connectivity index (χ2v) is 6.46. The van der Waals surface area contributed by atoms with Gasteiger partial charge in [0.25, 0.3) is 5.91 Å². The molecule has 0 radical (unpaired) electrons. The van der Waals surface area contributed by atoms with E-state index in [1.165, 1.54) is 17.1 Å². The van der Waals surface area contributed by atoms with Gasteiger partial charge < -0.3 is 11.1 Å². The molecule has 2 aromatic heterocycles. The number of rotatable bonds is 4. The van der Waals surface area contributed by atoms with Crippen LogP contribution in [-0.2, 0) is 5.41 Å². The van der Waals surface area contributed by atoms with Gasteiger partial charge in [0.15, 0.2) is 0 Å². The van der Waals surface area contributed by atoms with Crippen LogP contribution in [0.25, 0.3) is 0 Å². The molecule has 2 heterocycles. The first-order chi connectivity index (χ1) is 9.40. The van der Waals surface area contributed by atoms with E-state index in [9.17, 15) is 4.79 Å². The summed E-state index contributed by atoms with van der Waals surface area (Å²) in [5.41, 5.74) is 6.20. The highest BCUT2D eigenvalue weighted by Crippen LogP contribution is 2.26. The Morgan fingerprint density at radius 2 is 2.30 bits per heavy atom. The Kier molecular flexibility index (Phi) is 4.30. The second kappa shape index (κ2) is 5.81. The first kappa shape index (κ1) is 14.8. The minimum absolute atomic E-state index is 0.135. The Balaban J connectivity index is 2.07. The van der Waals surface area contributed by atoms with Gasteiger partial charge in [-0.2, -0.15) is 0 Å². The van der Waals surface area contributed by atoms with E-state index in [-0.39, 0.29) is 16.5 Å². The number of hydrogen-bond acceptors (Lipinski definition) is 4. The number of carbonyl (C=O) groups excluding carboxylic acids is 1. The summed E-state index contributed by atoms with van der Waals surface area (Å²) in [5, 5.41) is 5.07. The molecule has 0 spiro atoms. The zero-order valence-corrected chi connectivity index (χ0v) is 12.9. The van der Waals surface area contributed by atoms with Gasteiger partial charge in [0.05, 0.1) is 17.4 Å². The van der Waals surface area contributed by atoms with Crippen molar-refractivity contribution in [2.75, 3.05) is 12.3 Å². The number of thiophene rings is 1. The van der Waals surface area contributed by atoms with Crippen molar-refractivity contribution in [1.82, 2.24) is 10.3 Å². The molecule has 0 aliphatic rings. The Hall–Kier alpha value is -1.59. The van der Waals surface area contributed by atoms with Crippen molar-refractivity contribution in [2.45, 2.75) is 19.3 Å². The molecule has 0 unspecified atom stereocenters. The number of nitrogen functional groups attached to an aromatic ring is 1. The van der Waals surface area contributed by atoms with Gasteiger partial charge in [0.1, 0.15) is 5.15 Å². The lowest BCUT2D eigenvalue weighted by Crippen LogP contribution is -2.36. The molecule has 0 saturated heterocycles. The summed E-state index contributed by atoms with van der Waals surface area (Å²) in [5.74, 6) is -0.264. The molecule has 0 aliphatic heterocycles. The number of carbonyl (C=O) groups is 1. The van der Waals surface area contributed by atoms with Crippen molar-refractivity contribution in [3.05, 3.63) is 45.4 Å². The van der Waals surface area contributed by atoms with Gasteiger partial charge in [0.2, 0.25) is 0 Å². The SMILES string of the molecule is CC(C)(CNC(=O)c1cc(N)cnc1Cl)c1cccs1. The number of pyridine rings is 1. The van der Waals surface area contributed by atoms with Gasteiger partial charge in [0, 0.05) is 16.8 Å². The number of nitrogens with one attached hydrogen (secondary N) is 1. The summed E-state index contributed by atoms with van der Waals surface area (Å²) in [6, 6.07) is 5.59. The van der Waals surface area contributed by atoms with Gasteiger partial charge in [-0.25, -0.2) is 4.98 Å². The van der Waals surface area contributed by atoms with E-state index in [1.807, 2.05) is 11.4 Å². The highest BCUT2D eigenvalue weighted by molar-refractivity contribution is 7.10. The van der Waals surface area contributed by atoms with E-state index in [0.717, 1.165) is 0 Å². The molecule has 106 valence electrons. The lowest BCUT2D eigenvalue weighted by atomic mass is 9.91. The summed E-state index contributed by atoms with van der Waals surface area (Å²) in [6.45, 7) is 4.67. The standard InChI is InChI=1S/C14H16ClN3OS/c1-14(2,11-4-3-5-20-11)8-18-13(19)10-6-9(16)7-17-12(10)15/h3-7H,8,16H2,1-2H3,(H,18,19). The zero-order chi connectivity index (χ0) is 14.8. The topological polar surface area (TPSA) is 68.0 Å². The fourth-order valence-electron chi connectivity index (χ4n) is 1.77. The second-order valence-electron chi connectivity index (χ2n) is 5.15. The molecule has 4 nitrogen and oxygen atoms in total. The molecule has 0 aromatic carbocycles. The average molecular weight is 310 g/mol. The van der Waals surface area contributed by atoms with Gasteiger partial charge in [-0.1, -0.05) is 31.5 Å². The maximum atomic E-state index is 12.1. The molecule has 0 aliphatic carbocycles. The Morgan fingerprint density at radius 3 is 2.95 bits per heavy atom. The number of anilines is 1. The number of hydrogen-bond donors (Lipinski definition) is 2. The predicted octanol–water partition coefficient (Wildman–Crippen LogP) is 3.09. The number of aromatic nitrogens is 1. The van der Waals surface area contributed by atoms with Gasteiger partial charge in [-0.3, -0.25) is 4.79 Å². The van der Waals surface area contributed by atoms with Crippen LogP contribution in [-0.4, -0.2) is 17.4 Å².